The minimum Gasteiger partial charge on any atom is -0.400 e. The predicted molar refractivity (Wildman–Crippen MR) is 82.2 cm³/mol. The van der Waals surface area contributed by atoms with Crippen molar-refractivity contribution >= 4 is 0 Å². The molecule has 0 radical (unpaired) electrons. The smallest absolute Gasteiger partial charge is 0.0698 e. The fourth-order valence-electron chi connectivity index (χ4n) is 1.66. The van der Waals surface area contributed by atoms with Crippen LogP contribution in [-0.4, -0.2) is 112 Å². The van der Waals surface area contributed by atoms with Gasteiger partial charge in [0.2, 0.25) is 0 Å². The van der Waals surface area contributed by atoms with Gasteiger partial charge < -0.3 is 44.5 Å². The topological polar surface area (TPSA) is 138 Å². The molecule has 0 aliphatic carbocycles. The lowest BCUT2D eigenvalue weighted by molar-refractivity contribution is -0.115. The maximum atomic E-state index is 8.79. The van der Waals surface area contributed by atoms with Gasteiger partial charge in [0.05, 0.1) is 84.7 Å². The average Bonchev–Trinajstić information content (AvgIpc) is 2.57. The third-order valence-corrected chi connectivity index (χ3v) is 2.58. The van der Waals surface area contributed by atoms with Crippen LogP contribution < -0.4 is 0 Å². The van der Waals surface area contributed by atoms with Gasteiger partial charge in [-0.3, -0.25) is 0 Å². The Hall–Kier alpha value is -0.360. The Labute approximate surface area is 137 Å². The summed E-state index contributed by atoms with van der Waals surface area (Å²) in [5, 5.41) is 42.2. The molecular weight excluding hydrogens is 312 g/mol. The summed E-state index contributed by atoms with van der Waals surface area (Å²) in [6.07, 6.45) is 0. The molecule has 142 valence electrons. The second-order valence-electron chi connectivity index (χ2n) is 4.60. The molecule has 0 spiro atoms. The maximum Gasteiger partial charge on any atom is 0.0698 e. The highest BCUT2D eigenvalue weighted by Crippen LogP contribution is 2.20. The summed E-state index contributed by atoms with van der Waals surface area (Å²) >= 11 is 0. The third-order valence-electron chi connectivity index (χ3n) is 2.58. The van der Waals surface area contributed by atoms with Crippen LogP contribution in [0, 0.1) is 5.41 Å². The summed E-state index contributed by atoms with van der Waals surface area (Å²) in [7, 11) is 1.00. The molecule has 0 unspecified atom stereocenters. The van der Waals surface area contributed by atoms with Crippen molar-refractivity contribution in [1.29, 1.82) is 0 Å². The largest absolute Gasteiger partial charge is 0.400 e. The van der Waals surface area contributed by atoms with Crippen molar-refractivity contribution in [3.05, 3.63) is 0 Å². The van der Waals surface area contributed by atoms with Crippen LogP contribution in [0.15, 0.2) is 0 Å². The van der Waals surface area contributed by atoms with Gasteiger partial charge in [-0.05, 0) is 0 Å². The van der Waals surface area contributed by atoms with Crippen LogP contribution in [0.5, 0.6) is 0 Å². The van der Waals surface area contributed by atoms with E-state index in [2.05, 4.69) is 0 Å². The van der Waals surface area contributed by atoms with Crippen molar-refractivity contribution in [2.24, 2.45) is 5.41 Å². The highest BCUT2D eigenvalue weighted by molar-refractivity contribution is 4.79. The molecule has 0 aromatic carbocycles. The standard InChI is InChI=1S/C13H28O8.CH4O/c14-1-5-18-9-13(10-19-6-2-15,11-20-7-3-16)12-21-8-4-17;1-2/h14-17H,1-12H2;2H,1H3. The third kappa shape index (κ3) is 14.9. The minimum absolute atomic E-state index is 0.0947. The summed E-state index contributed by atoms with van der Waals surface area (Å²) in [4.78, 5) is 0. The van der Waals surface area contributed by atoms with Gasteiger partial charge in [-0.2, -0.15) is 0 Å². The Bertz CT molecular complexity index is 171. The summed E-state index contributed by atoms with van der Waals surface area (Å²) in [6, 6.07) is 0. The zero-order chi connectivity index (χ0) is 17.8. The molecule has 0 atom stereocenters. The molecular formula is C14H32O9. The number of ether oxygens (including phenoxy) is 4. The van der Waals surface area contributed by atoms with Gasteiger partial charge >= 0.3 is 0 Å². The van der Waals surface area contributed by atoms with Gasteiger partial charge in [0.25, 0.3) is 0 Å². The first-order valence-electron chi connectivity index (χ1n) is 7.44. The molecule has 0 bridgehead atoms. The molecule has 0 amide bonds. The summed E-state index contributed by atoms with van der Waals surface area (Å²) in [5.41, 5.74) is -0.630. The Morgan fingerprint density at radius 3 is 0.913 bits per heavy atom. The molecule has 0 fully saturated rings. The van der Waals surface area contributed by atoms with Crippen molar-refractivity contribution in [3.8, 4) is 0 Å². The first-order chi connectivity index (χ1) is 11.2. The number of rotatable bonds is 16. The zero-order valence-corrected chi connectivity index (χ0v) is 13.9. The van der Waals surface area contributed by atoms with Crippen LogP contribution >= 0.6 is 0 Å². The molecule has 0 aliphatic rings. The molecule has 0 aromatic heterocycles. The molecule has 5 N–H and O–H groups in total. The Balaban J connectivity index is 0. The normalized spacial score (nSPS) is 11.2. The molecule has 0 saturated carbocycles. The second kappa shape index (κ2) is 19.7. The second-order valence-corrected chi connectivity index (χ2v) is 4.60. The molecule has 9 heteroatoms. The monoisotopic (exact) mass is 344 g/mol. The zero-order valence-electron chi connectivity index (χ0n) is 13.9. The summed E-state index contributed by atoms with van der Waals surface area (Å²) < 4.78 is 21.5. The predicted octanol–water partition coefficient (Wildman–Crippen LogP) is -2.38. The highest BCUT2D eigenvalue weighted by Gasteiger charge is 2.32. The van der Waals surface area contributed by atoms with Crippen LogP contribution in [0.2, 0.25) is 0 Å². The molecule has 0 saturated heterocycles. The van der Waals surface area contributed by atoms with Crippen LogP contribution in [0.4, 0.5) is 0 Å². The van der Waals surface area contributed by atoms with E-state index in [1.54, 1.807) is 0 Å². The van der Waals surface area contributed by atoms with Gasteiger partial charge in [-0.1, -0.05) is 0 Å². The van der Waals surface area contributed by atoms with Crippen LogP contribution in [0.1, 0.15) is 0 Å². The Kier molecular flexibility index (Phi) is 21.3. The number of hydrogen-bond acceptors (Lipinski definition) is 9. The minimum atomic E-state index is -0.630. The van der Waals surface area contributed by atoms with E-state index in [4.69, 9.17) is 44.5 Å². The van der Waals surface area contributed by atoms with E-state index in [0.29, 0.717) is 0 Å². The van der Waals surface area contributed by atoms with E-state index in [0.717, 1.165) is 7.11 Å². The number of hydrogen-bond donors (Lipinski definition) is 5. The van der Waals surface area contributed by atoms with Crippen LogP contribution in [0.3, 0.4) is 0 Å². The molecule has 0 aliphatic heterocycles. The van der Waals surface area contributed by atoms with Crippen molar-refractivity contribution < 1.29 is 44.5 Å². The van der Waals surface area contributed by atoms with Crippen molar-refractivity contribution in [2.75, 3.05) is 86.4 Å². The fourth-order valence-corrected chi connectivity index (χ4v) is 1.66. The lowest BCUT2D eigenvalue weighted by Gasteiger charge is -2.32. The quantitative estimate of drug-likeness (QED) is 0.194. The molecule has 9 nitrogen and oxygen atoms in total. The molecule has 23 heavy (non-hydrogen) atoms. The van der Waals surface area contributed by atoms with E-state index >= 15 is 0 Å². The van der Waals surface area contributed by atoms with Gasteiger partial charge in [-0.25, -0.2) is 0 Å². The molecule has 0 heterocycles. The van der Waals surface area contributed by atoms with E-state index in [1.807, 2.05) is 0 Å². The highest BCUT2D eigenvalue weighted by atomic mass is 16.5. The van der Waals surface area contributed by atoms with Gasteiger partial charge in [0, 0.05) is 7.11 Å². The van der Waals surface area contributed by atoms with E-state index in [-0.39, 0.29) is 79.3 Å². The van der Waals surface area contributed by atoms with E-state index in [9.17, 15) is 0 Å². The first-order valence-corrected chi connectivity index (χ1v) is 7.44. The lowest BCUT2D eigenvalue weighted by atomic mass is 9.92. The van der Waals surface area contributed by atoms with Gasteiger partial charge in [-0.15, -0.1) is 0 Å². The summed E-state index contributed by atoms with van der Waals surface area (Å²) in [5.74, 6) is 0. The van der Waals surface area contributed by atoms with Gasteiger partial charge in [0.15, 0.2) is 0 Å². The summed E-state index contributed by atoms with van der Waals surface area (Å²) in [6.45, 7) is 1.28. The fraction of sp³-hybridized carbons (Fsp3) is 1.00. The van der Waals surface area contributed by atoms with E-state index < -0.39 is 5.41 Å². The Morgan fingerprint density at radius 1 is 0.522 bits per heavy atom. The van der Waals surface area contributed by atoms with Crippen molar-refractivity contribution in [2.45, 2.75) is 0 Å². The lowest BCUT2D eigenvalue weighted by Crippen LogP contribution is -2.42. The van der Waals surface area contributed by atoms with Crippen LogP contribution in [0.25, 0.3) is 0 Å². The van der Waals surface area contributed by atoms with Crippen molar-refractivity contribution in [1.82, 2.24) is 0 Å². The maximum absolute atomic E-state index is 8.79. The SMILES string of the molecule is CO.OCCOCC(COCCO)(COCCO)COCCO. The number of aliphatic hydroxyl groups is 5. The van der Waals surface area contributed by atoms with Crippen molar-refractivity contribution in [3.63, 3.8) is 0 Å². The van der Waals surface area contributed by atoms with Gasteiger partial charge in [0.1, 0.15) is 0 Å². The Morgan fingerprint density at radius 2 is 0.739 bits per heavy atom. The molecule has 0 rings (SSSR count). The van der Waals surface area contributed by atoms with Crippen LogP contribution in [-0.2, 0) is 18.9 Å². The number of aliphatic hydroxyl groups excluding tert-OH is 5. The first kappa shape index (κ1) is 24.9. The van der Waals surface area contributed by atoms with E-state index in [1.165, 1.54) is 0 Å². The molecule has 0 aromatic rings. The average molecular weight is 344 g/mol.